The first-order valence-electron chi connectivity index (χ1n) is 13.5. The number of halogens is 1. The molecule has 1 amide bonds. The lowest BCUT2D eigenvalue weighted by Gasteiger charge is -2.54. The topological polar surface area (TPSA) is 88.1 Å². The second-order valence-corrected chi connectivity index (χ2v) is 11.8. The molecule has 2 aliphatic rings. The number of piperazine rings is 1. The first-order valence-corrected chi connectivity index (χ1v) is 13.9. The highest BCUT2D eigenvalue weighted by Crippen LogP contribution is 2.55. The van der Waals surface area contributed by atoms with Crippen molar-refractivity contribution in [2.45, 2.75) is 70.5 Å². The number of nitrogens with one attached hydrogen (secondary N) is 1. The predicted molar refractivity (Wildman–Crippen MR) is 147 cm³/mol. The fraction of sp³-hybridized carbons (Fsp3) is 0.533. The van der Waals surface area contributed by atoms with Gasteiger partial charge in [0.2, 0.25) is 0 Å². The second-order valence-electron chi connectivity index (χ2n) is 11.4. The summed E-state index contributed by atoms with van der Waals surface area (Å²) >= 11 is 6.73. The minimum atomic E-state index is -1.54. The van der Waals surface area contributed by atoms with Crippen molar-refractivity contribution in [3.8, 4) is 5.75 Å². The molecule has 0 bridgehead atoms. The van der Waals surface area contributed by atoms with E-state index < -0.39 is 28.5 Å². The minimum absolute atomic E-state index is 0.327. The van der Waals surface area contributed by atoms with E-state index in [1.807, 2.05) is 51.1 Å². The van der Waals surface area contributed by atoms with Crippen molar-refractivity contribution < 1.29 is 24.2 Å². The highest BCUT2D eigenvalue weighted by Gasteiger charge is 2.64. The Balaban J connectivity index is 1.73. The molecule has 1 aliphatic heterocycles. The van der Waals surface area contributed by atoms with E-state index in [0.717, 1.165) is 24.8 Å². The normalized spacial score (nSPS) is 19.3. The first kappa shape index (κ1) is 28.4. The maximum Gasteiger partial charge on any atom is 0.417 e. The number of rotatable bonds is 6. The van der Waals surface area contributed by atoms with Crippen LogP contribution in [0, 0.1) is 5.41 Å². The maximum atomic E-state index is 14.3. The molecule has 0 unspecified atom stereocenters. The number of esters is 1. The van der Waals surface area contributed by atoms with Crippen LogP contribution in [0.15, 0.2) is 48.5 Å². The van der Waals surface area contributed by atoms with Crippen LogP contribution in [0.25, 0.3) is 0 Å². The Morgan fingerprint density at radius 3 is 2.29 bits per heavy atom. The van der Waals surface area contributed by atoms with Crippen molar-refractivity contribution in [1.29, 1.82) is 0 Å². The summed E-state index contributed by atoms with van der Waals surface area (Å²) < 4.78 is 11.6. The molecule has 38 heavy (non-hydrogen) atoms. The van der Waals surface area contributed by atoms with Gasteiger partial charge >= 0.3 is 12.1 Å². The van der Waals surface area contributed by atoms with E-state index in [2.05, 4.69) is 5.32 Å². The maximum absolute atomic E-state index is 14.3. The van der Waals surface area contributed by atoms with Crippen molar-refractivity contribution in [2.75, 3.05) is 26.2 Å². The van der Waals surface area contributed by atoms with Gasteiger partial charge < -0.3 is 24.8 Å². The fourth-order valence-corrected chi connectivity index (χ4v) is 6.41. The van der Waals surface area contributed by atoms with Gasteiger partial charge in [0.05, 0.1) is 10.6 Å². The number of hydrogen-bond acceptors (Lipinski definition) is 6. The van der Waals surface area contributed by atoms with Gasteiger partial charge in [0.25, 0.3) is 0 Å². The summed E-state index contributed by atoms with van der Waals surface area (Å²) in [6.45, 7) is 8.25. The van der Waals surface area contributed by atoms with Crippen molar-refractivity contribution in [2.24, 2.45) is 5.41 Å². The summed E-state index contributed by atoms with van der Waals surface area (Å²) in [6.07, 6.45) is 2.69. The summed E-state index contributed by atoms with van der Waals surface area (Å²) in [7, 11) is 0. The van der Waals surface area contributed by atoms with Crippen molar-refractivity contribution in [1.82, 2.24) is 10.2 Å². The zero-order chi connectivity index (χ0) is 27.4. The molecule has 1 heterocycles. The lowest BCUT2D eigenvalue weighted by Crippen LogP contribution is -2.65. The number of benzene rings is 2. The molecule has 0 spiro atoms. The molecule has 4 rings (SSSR count). The second kappa shape index (κ2) is 11.6. The average molecular weight is 543 g/mol. The van der Waals surface area contributed by atoms with E-state index in [4.69, 9.17) is 21.1 Å². The van der Waals surface area contributed by atoms with Crippen LogP contribution in [0.5, 0.6) is 5.75 Å². The summed E-state index contributed by atoms with van der Waals surface area (Å²) in [5.74, 6) is -0.269. The third kappa shape index (κ3) is 5.56. The summed E-state index contributed by atoms with van der Waals surface area (Å²) in [5.41, 5.74) is -2.24. The van der Waals surface area contributed by atoms with E-state index >= 15 is 0 Å². The van der Waals surface area contributed by atoms with E-state index in [1.165, 1.54) is 4.90 Å². The molecule has 0 aromatic heterocycles. The molecule has 2 fully saturated rings. The Kier molecular flexibility index (Phi) is 8.70. The zero-order valence-electron chi connectivity index (χ0n) is 22.6. The largest absolute Gasteiger partial charge is 0.487 e. The Labute approximate surface area is 230 Å². The Bertz CT molecular complexity index is 1120. The van der Waals surface area contributed by atoms with E-state index in [0.29, 0.717) is 62.0 Å². The molecule has 8 heteroatoms. The van der Waals surface area contributed by atoms with Gasteiger partial charge in [-0.1, -0.05) is 88.0 Å². The van der Waals surface area contributed by atoms with Crippen LogP contribution >= 0.6 is 11.6 Å². The summed E-state index contributed by atoms with van der Waals surface area (Å²) in [4.78, 5) is 28.9. The molecule has 0 radical (unpaired) electrons. The summed E-state index contributed by atoms with van der Waals surface area (Å²) in [5, 5.41) is 15.8. The lowest BCUT2D eigenvalue weighted by molar-refractivity contribution is -0.175. The predicted octanol–water partition coefficient (Wildman–Crippen LogP) is 5.47. The van der Waals surface area contributed by atoms with E-state index in [-0.39, 0.29) is 0 Å². The molecule has 2 aromatic rings. The molecule has 1 saturated heterocycles. The van der Waals surface area contributed by atoms with Crippen LogP contribution in [-0.2, 0) is 21.6 Å². The van der Waals surface area contributed by atoms with Gasteiger partial charge in [-0.3, -0.25) is 4.79 Å². The number of carbonyl (C=O) groups is 2. The number of amides is 1. The van der Waals surface area contributed by atoms with Crippen LogP contribution in [-0.4, -0.2) is 53.8 Å². The van der Waals surface area contributed by atoms with Gasteiger partial charge in [-0.15, -0.1) is 0 Å². The number of carbonyl (C=O) groups excluding carboxylic acids is 2. The van der Waals surface area contributed by atoms with E-state index in [9.17, 15) is 14.7 Å². The van der Waals surface area contributed by atoms with Gasteiger partial charge in [-0.2, -0.15) is 0 Å². The SMILES string of the molecule is CC(C)(C)[C@@](C(=O)OC(=O)N1CCNCC1)(c1ccc(OCc2ccccc2)c(Cl)c1)C1(O)CCCCC1. The quantitative estimate of drug-likeness (QED) is 0.372. The standard InChI is InChI=1S/C30H39ClN2O5/c1-28(2,3)30(29(36)14-8-5-9-15-29,26(34)38-27(35)33-18-16-32-17-19-33)23-12-13-25(24(31)20-23)37-21-22-10-6-4-7-11-22/h4,6-7,10-13,20,32,36H,5,8-9,14-19,21H2,1-3H3/t30-/m0/s1. The third-order valence-electron chi connectivity index (χ3n) is 7.97. The number of aliphatic hydroxyl groups is 1. The van der Waals surface area contributed by atoms with Crippen LogP contribution < -0.4 is 10.1 Å². The molecule has 1 atom stereocenters. The Morgan fingerprint density at radius 2 is 1.68 bits per heavy atom. The molecular formula is C30H39ClN2O5. The third-order valence-corrected chi connectivity index (χ3v) is 8.26. The van der Waals surface area contributed by atoms with E-state index in [1.54, 1.807) is 18.2 Å². The van der Waals surface area contributed by atoms with Crippen LogP contribution in [0.1, 0.15) is 64.0 Å². The van der Waals surface area contributed by atoms with Crippen molar-refractivity contribution >= 4 is 23.7 Å². The number of nitrogens with zero attached hydrogens (tertiary/aromatic N) is 1. The zero-order valence-corrected chi connectivity index (χ0v) is 23.4. The Morgan fingerprint density at radius 1 is 1.03 bits per heavy atom. The van der Waals surface area contributed by atoms with Gasteiger partial charge in [0.1, 0.15) is 17.8 Å². The highest BCUT2D eigenvalue weighted by atomic mass is 35.5. The molecule has 7 nitrogen and oxygen atoms in total. The summed E-state index contributed by atoms with van der Waals surface area (Å²) in [6, 6.07) is 15.0. The smallest absolute Gasteiger partial charge is 0.417 e. The molecular weight excluding hydrogens is 504 g/mol. The first-order chi connectivity index (χ1) is 18.1. The van der Waals surface area contributed by atoms with Gasteiger partial charge in [-0.05, 0) is 41.5 Å². The number of ether oxygens (including phenoxy) is 2. The lowest BCUT2D eigenvalue weighted by atomic mass is 9.51. The minimum Gasteiger partial charge on any atom is -0.487 e. The van der Waals surface area contributed by atoms with Gasteiger partial charge in [-0.25, -0.2) is 4.79 Å². The Hall–Kier alpha value is -2.61. The van der Waals surface area contributed by atoms with Crippen LogP contribution in [0.3, 0.4) is 0 Å². The van der Waals surface area contributed by atoms with Crippen LogP contribution in [0.4, 0.5) is 4.79 Å². The molecule has 206 valence electrons. The van der Waals surface area contributed by atoms with Crippen LogP contribution in [0.2, 0.25) is 5.02 Å². The van der Waals surface area contributed by atoms with Crippen molar-refractivity contribution in [3.63, 3.8) is 0 Å². The number of hydrogen-bond donors (Lipinski definition) is 2. The fourth-order valence-electron chi connectivity index (χ4n) is 6.18. The molecule has 1 aliphatic carbocycles. The monoisotopic (exact) mass is 542 g/mol. The average Bonchev–Trinajstić information content (AvgIpc) is 2.89. The molecule has 2 N–H and O–H groups in total. The molecule has 1 saturated carbocycles. The molecule has 2 aromatic carbocycles. The van der Waals surface area contributed by atoms with Crippen molar-refractivity contribution in [3.05, 3.63) is 64.7 Å². The van der Waals surface area contributed by atoms with Gasteiger partial charge in [0.15, 0.2) is 0 Å². The van der Waals surface area contributed by atoms with Gasteiger partial charge in [0, 0.05) is 26.2 Å². The highest BCUT2D eigenvalue weighted by molar-refractivity contribution is 6.32.